The average molecular weight is 221 g/mol. The summed E-state index contributed by atoms with van der Waals surface area (Å²) in [7, 11) is 0. The minimum absolute atomic E-state index is 0.400. The van der Waals surface area contributed by atoms with Gasteiger partial charge in [0, 0.05) is 4.83 Å². The first-order chi connectivity index (χ1) is 5.04. The van der Waals surface area contributed by atoms with Gasteiger partial charge in [-0.25, -0.2) is 0 Å². The first-order valence-electron chi connectivity index (χ1n) is 3.92. The third kappa shape index (κ3) is 1.95. The summed E-state index contributed by atoms with van der Waals surface area (Å²) in [5.74, 6) is -0.651. The van der Waals surface area contributed by atoms with Crippen LogP contribution in [0.25, 0.3) is 0 Å². The maximum atomic E-state index is 10.8. The molecule has 1 aliphatic rings. The zero-order chi connectivity index (χ0) is 8.48. The highest BCUT2D eigenvalue weighted by Gasteiger charge is 2.37. The molecule has 0 saturated heterocycles. The van der Waals surface area contributed by atoms with Crippen LogP contribution in [-0.2, 0) is 4.79 Å². The summed E-state index contributed by atoms with van der Waals surface area (Å²) in [6.07, 6.45) is 3.73. The molecular formula is C8H13BrO2. The van der Waals surface area contributed by atoms with Crippen molar-refractivity contribution >= 4 is 21.9 Å². The number of hydrogen-bond donors (Lipinski definition) is 1. The Morgan fingerprint density at radius 3 is 2.73 bits per heavy atom. The van der Waals surface area contributed by atoms with Crippen molar-refractivity contribution in [2.45, 2.75) is 37.4 Å². The summed E-state index contributed by atoms with van der Waals surface area (Å²) in [4.78, 5) is 11.2. The first-order valence-corrected chi connectivity index (χ1v) is 4.84. The molecule has 0 aromatic carbocycles. The van der Waals surface area contributed by atoms with Gasteiger partial charge < -0.3 is 5.11 Å². The van der Waals surface area contributed by atoms with Crippen LogP contribution in [0.4, 0.5) is 0 Å². The molecule has 0 bridgehead atoms. The summed E-state index contributed by atoms with van der Waals surface area (Å²) < 4.78 is 0. The SMILES string of the molecule is CC1(C(=O)O)CCCC(Br)C1. The van der Waals surface area contributed by atoms with Crippen LogP contribution in [0.3, 0.4) is 0 Å². The fourth-order valence-corrected chi connectivity index (χ4v) is 2.64. The van der Waals surface area contributed by atoms with E-state index >= 15 is 0 Å². The van der Waals surface area contributed by atoms with Crippen molar-refractivity contribution in [2.75, 3.05) is 0 Å². The molecule has 0 spiro atoms. The van der Waals surface area contributed by atoms with Crippen LogP contribution < -0.4 is 0 Å². The molecule has 1 saturated carbocycles. The zero-order valence-corrected chi connectivity index (χ0v) is 8.23. The van der Waals surface area contributed by atoms with Gasteiger partial charge in [-0.3, -0.25) is 4.79 Å². The molecule has 0 amide bonds. The van der Waals surface area contributed by atoms with Crippen molar-refractivity contribution in [3.63, 3.8) is 0 Å². The fourth-order valence-electron chi connectivity index (χ4n) is 1.60. The van der Waals surface area contributed by atoms with Crippen LogP contribution in [0, 0.1) is 5.41 Å². The van der Waals surface area contributed by atoms with E-state index in [4.69, 9.17) is 5.11 Å². The lowest BCUT2D eigenvalue weighted by Gasteiger charge is -2.31. The van der Waals surface area contributed by atoms with Crippen LogP contribution in [-0.4, -0.2) is 15.9 Å². The Morgan fingerprint density at radius 2 is 2.36 bits per heavy atom. The van der Waals surface area contributed by atoms with Crippen molar-refractivity contribution in [2.24, 2.45) is 5.41 Å². The molecule has 1 N–H and O–H groups in total. The molecule has 2 atom stereocenters. The Labute approximate surface area is 75.1 Å². The van der Waals surface area contributed by atoms with E-state index in [0.29, 0.717) is 4.83 Å². The predicted molar refractivity (Wildman–Crippen MR) is 46.9 cm³/mol. The topological polar surface area (TPSA) is 37.3 Å². The minimum atomic E-state index is -0.651. The monoisotopic (exact) mass is 220 g/mol. The van der Waals surface area contributed by atoms with Crippen LogP contribution in [0.5, 0.6) is 0 Å². The second kappa shape index (κ2) is 3.13. The van der Waals surface area contributed by atoms with Gasteiger partial charge in [0.15, 0.2) is 0 Å². The van der Waals surface area contributed by atoms with E-state index < -0.39 is 11.4 Å². The zero-order valence-electron chi connectivity index (χ0n) is 6.64. The molecule has 1 rings (SSSR count). The Hall–Kier alpha value is -0.0500. The molecule has 2 unspecified atom stereocenters. The van der Waals surface area contributed by atoms with Gasteiger partial charge >= 0.3 is 5.97 Å². The number of carboxylic acids is 1. The van der Waals surface area contributed by atoms with Gasteiger partial charge in [-0.2, -0.15) is 0 Å². The molecule has 64 valence electrons. The van der Waals surface area contributed by atoms with Gasteiger partial charge in [-0.1, -0.05) is 22.4 Å². The van der Waals surface area contributed by atoms with Gasteiger partial charge in [-0.05, 0) is 26.2 Å². The van der Waals surface area contributed by atoms with Crippen molar-refractivity contribution in [1.29, 1.82) is 0 Å². The lowest BCUT2D eigenvalue weighted by molar-refractivity contribution is -0.149. The van der Waals surface area contributed by atoms with E-state index in [9.17, 15) is 4.79 Å². The standard InChI is InChI=1S/C8H13BrO2/c1-8(7(10)11)4-2-3-6(9)5-8/h6H,2-5H2,1H3,(H,10,11). The number of alkyl halides is 1. The summed E-state index contributed by atoms with van der Waals surface area (Å²) in [5.41, 5.74) is -0.480. The van der Waals surface area contributed by atoms with Crippen molar-refractivity contribution in [3.8, 4) is 0 Å². The lowest BCUT2D eigenvalue weighted by atomic mass is 9.76. The molecule has 0 heterocycles. The molecule has 0 aromatic heterocycles. The molecule has 0 aliphatic heterocycles. The van der Waals surface area contributed by atoms with Gasteiger partial charge in [0.1, 0.15) is 0 Å². The molecular weight excluding hydrogens is 208 g/mol. The number of carboxylic acid groups (broad SMARTS) is 1. The third-order valence-corrected chi connectivity index (χ3v) is 3.22. The Bertz CT molecular complexity index is 169. The number of aliphatic carboxylic acids is 1. The van der Waals surface area contributed by atoms with Crippen molar-refractivity contribution < 1.29 is 9.90 Å². The highest BCUT2D eigenvalue weighted by Crippen LogP contribution is 2.38. The molecule has 0 radical (unpaired) electrons. The van der Waals surface area contributed by atoms with E-state index in [1.54, 1.807) is 0 Å². The molecule has 3 heteroatoms. The molecule has 11 heavy (non-hydrogen) atoms. The van der Waals surface area contributed by atoms with Crippen LogP contribution in [0.2, 0.25) is 0 Å². The summed E-state index contributed by atoms with van der Waals surface area (Å²) in [6, 6.07) is 0. The Morgan fingerprint density at radius 1 is 1.73 bits per heavy atom. The van der Waals surface area contributed by atoms with E-state index in [0.717, 1.165) is 25.7 Å². The largest absolute Gasteiger partial charge is 0.481 e. The number of carbonyl (C=O) groups is 1. The Balaban J connectivity index is 2.63. The van der Waals surface area contributed by atoms with Crippen LogP contribution in [0.1, 0.15) is 32.6 Å². The highest BCUT2D eigenvalue weighted by molar-refractivity contribution is 9.09. The van der Waals surface area contributed by atoms with E-state index in [2.05, 4.69) is 15.9 Å². The van der Waals surface area contributed by atoms with Gasteiger partial charge in [0.2, 0.25) is 0 Å². The van der Waals surface area contributed by atoms with Crippen LogP contribution >= 0.6 is 15.9 Å². The average Bonchev–Trinajstić information content (AvgIpc) is 1.86. The van der Waals surface area contributed by atoms with Gasteiger partial charge in [0.25, 0.3) is 0 Å². The Kier molecular flexibility index (Phi) is 2.58. The smallest absolute Gasteiger partial charge is 0.309 e. The quantitative estimate of drug-likeness (QED) is 0.690. The fraction of sp³-hybridized carbons (Fsp3) is 0.875. The van der Waals surface area contributed by atoms with E-state index in [1.807, 2.05) is 6.92 Å². The lowest BCUT2D eigenvalue weighted by Crippen LogP contribution is -2.33. The van der Waals surface area contributed by atoms with Gasteiger partial charge in [-0.15, -0.1) is 0 Å². The normalized spacial score (nSPS) is 38.5. The van der Waals surface area contributed by atoms with Crippen LogP contribution in [0.15, 0.2) is 0 Å². The van der Waals surface area contributed by atoms with Crippen molar-refractivity contribution in [1.82, 2.24) is 0 Å². The summed E-state index contributed by atoms with van der Waals surface area (Å²) in [6.45, 7) is 1.84. The maximum absolute atomic E-state index is 10.8. The highest BCUT2D eigenvalue weighted by atomic mass is 79.9. The number of halogens is 1. The van der Waals surface area contributed by atoms with Crippen molar-refractivity contribution in [3.05, 3.63) is 0 Å². The second-order valence-corrected chi connectivity index (χ2v) is 4.85. The third-order valence-electron chi connectivity index (χ3n) is 2.43. The minimum Gasteiger partial charge on any atom is -0.481 e. The predicted octanol–water partition coefficient (Wildman–Crippen LogP) is 2.41. The maximum Gasteiger partial charge on any atom is 0.309 e. The summed E-state index contributed by atoms with van der Waals surface area (Å²) in [5, 5.41) is 8.89. The molecule has 1 fully saturated rings. The molecule has 1 aliphatic carbocycles. The second-order valence-electron chi connectivity index (χ2n) is 3.56. The first kappa shape index (κ1) is 9.04. The molecule has 2 nitrogen and oxygen atoms in total. The van der Waals surface area contributed by atoms with E-state index in [-0.39, 0.29) is 0 Å². The number of hydrogen-bond acceptors (Lipinski definition) is 1. The molecule has 0 aromatic rings. The van der Waals surface area contributed by atoms with E-state index in [1.165, 1.54) is 0 Å². The number of rotatable bonds is 1. The van der Waals surface area contributed by atoms with Gasteiger partial charge in [0.05, 0.1) is 5.41 Å². The summed E-state index contributed by atoms with van der Waals surface area (Å²) >= 11 is 3.47.